The normalized spacial score (nSPS) is 26.5. The molecule has 0 heterocycles. The summed E-state index contributed by atoms with van der Waals surface area (Å²) in [6.45, 7) is 20.5. The highest BCUT2D eigenvalue weighted by atomic mass is 35.5. The summed E-state index contributed by atoms with van der Waals surface area (Å²) < 4.78 is 43.6. The number of unbranched alkanes of at least 4 members (excludes halogenated alkanes) is 8. The molecule has 3 saturated carbocycles. The van der Waals surface area contributed by atoms with Crippen LogP contribution < -0.4 is 4.52 Å². The molecular formula is C62H96ClO8P. The minimum atomic E-state index is -3.97. The number of phosphoric ester groups is 1. The topological polar surface area (TPSA) is 97.4 Å². The van der Waals surface area contributed by atoms with E-state index in [-0.39, 0.29) is 23.5 Å². The molecule has 2 aromatic carbocycles. The third-order valence-electron chi connectivity index (χ3n) is 18.3. The Morgan fingerprint density at radius 2 is 1.33 bits per heavy atom. The van der Waals surface area contributed by atoms with Crippen LogP contribution in [0.15, 0.2) is 54.1 Å². The lowest BCUT2D eigenvalue weighted by Gasteiger charge is -2.58. The van der Waals surface area contributed by atoms with Crippen molar-refractivity contribution in [2.45, 2.75) is 216 Å². The quantitative estimate of drug-likeness (QED) is 0.0360. The van der Waals surface area contributed by atoms with Gasteiger partial charge < -0.3 is 14.0 Å². The van der Waals surface area contributed by atoms with Crippen LogP contribution in [0.2, 0.25) is 5.02 Å². The summed E-state index contributed by atoms with van der Waals surface area (Å²) in [6, 6.07) is 13.7. The largest absolute Gasteiger partial charge is 0.530 e. The maximum atomic E-state index is 14.6. The molecule has 404 valence electrons. The van der Waals surface area contributed by atoms with Gasteiger partial charge in [-0.1, -0.05) is 152 Å². The third kappa shape index (κ3) is 15.1. The van der Waals surface area contributed by atoms with Crippen molar-refractivity contribution in [3.8, 4) is 5.75 Å². The first-order chi connectivity index (χ1) is 34.1. The van der Waals surface area contributed by atoms with Gasteiger partial charge in [-0.2, -0.15) is 0 Å². The summed E-state index contributed by atoms with van der Waals surface area (Å²) in [5.41, 5.74) is 4.22. The lowest BCUT2D eigenvalue weighted by Crippen LogP contribution is -2.51. The number of halogens is 1. The average Bonchev–Trinajstić information content (AvgIpc) is 3.69. The van der Waals surface area contributed by atoms with E-state index in [2.05, 4.69) is 58.9 Å². The van der Waals surface area contributed by atoms with Crippen molar-refractivity contribution in [2.75, 3.05) is 20.8 Å². The fourth-order valence-electron chi connectivity index (χ4n) is 14.4. The molecule has 0 saturated heterocycles. The van der Waals surface area contributed by atoms with Gasteiger partial charge in [-0.3, -0.25) is 18.6 Å². The number of aryl methyl sites for hydroxylation is 1. The van der Waals surface area contributed by atoms with Gasteiger partial charge in [0.15, 0.2) is 0 Å². The molecule has 9 atom stereocenters. The number of hydrogen-bond donors (Lipinski definition) is 0. The van der Waals surface area contributed by atoms with Crippen LogP contribution in [-0.4, -0.2) is 38.9 Å². The van der Waals surface area contributed by atoms with E-state index in [4.69, 9.17) is 34.6 Å². The van der Waals surface area contributed by atoms with Crippen LogP contribution in [0.25, 0.3) is 0 Å². The smallest absolute Gasteiger partial charge is 0.469 e. The molecule has 0 aromatic heterocycles. The maximum Gasteiger partial charge on any atom is 0.530 e. The van der Waals surface area contributed by atoms with Gasteiger partial charge in [0.25, 0.3) is 0 Å². The van der Waals surface area contributed by atoms with Gasteiger partial charge in [-0.15, -0.1) is 0 Å². The predicted molar refractivity (Wildman–Crippen MR) is 294 cm³/mol. The van der Waals surface area contributed by atoms with E-state index >= 15 is 0 Å². The number of carbonyl (C=O) groups excluding carboxylic acids is 2. The van der Waals surface area contributed by atoms with Gasteiger partial charge in [0, 0.05) is 0 Å². The lowest BCUT2D eigenvalue weighted by molar-refractivity contribution is -0.151. The molecule has 3 fully saturated rings. The summed E-state index contributed by atoms with van der Waals surface area (Å²) in [6.07, 6.45) is 27.6. The summed E-state index contributed by atoms with van der Waals surface area (Å²) in [5.74, 6) is 4.61. The minimum Gasteiger partial charge on any atom is -0.469 e. The fraction of sp³-hybridized carbons (Fsp3) is 0.742. The molecule has 0 amide bonds. The monoisotopic (exact) mass is 1030 g/mol. The van der Waals surface area contributed by atoms with Gasteiger partial charge in [0.2, 0.25) is 0 Å². The molecule has 8 nitrogen and oxygen atoms in total. The van der Waals surface area contributed by atoms with E-state index in [0.29, 0.717) is 41.6 Å². The van der Waals surface area contributed by atoms with Crippen LogP contribution in [0, 0.1) is 57.2 Å². The van der Waals surface area contributed by atoms with Crippen molar-refractivity contribution in [2.24, 2.45) is 57.2 Å². The van der Waals surface area contributed by atoms with Crippen molar-refractivity contribution in [3.05, 3.63) is 75.8 Å². The van der Waals surface area contributed by atoms with Crippen LogP contribution >= 0.6 is 19.4 Å². The zero-order valence-electron chi connectivity index (χ0n) is 46.7. The Balaban J connectivity index is 0.944. The number of rotatable bonds is 28. The molecule has 6 unspecified atom stereocenters. The van der Waals surface area contributed by atoms with E-state index in [0.717, 1.165) is 111 Å². The highest BCUT2D eigenvalue weighted by Gasteiger charge is 2.59. The number of methoxy groups -OCH3 is 2. The Morgan fingerprint density at radius 1 is 0.736 bits per heavy atom. The molecule has 0 aliphatic heterocycles. The third-order valence-corrected chi connectivity index (χ3v) is 20.1. The first-order valence-corrected chi connectivity index (χ1v) is 30.3. The van der Waals surface area contributed by atoms with Crippen molar-refractivity contribution in [3.63, 3.8) is 0 Å². The van der Waals surface area contributed by atoms with Crippen molar-refractivity contribution in [1.29, 1.82) is 0 Å². The molecule has 0 bridgehead atoms. The molecule has 0 spiro atoms. The maximum absolute atomic E-state index is 14.6. The second-order valence-electron chi connectivity index (χ2n) is 25.3. The van der Waals surface area contributed by atoms with E-state index in [1.54, 1.807) is 12.1 Å². The summed E-state index contributed by atoms with van der Waals surface area (Å²) >= 11 is 6.54. The molecule has 0 radical (unpaired) electrons. The highest BCUT2D eigenvalue weighted by molar-refractivity contribution is 7.49. The van der Waals surface area contributed by atoms with E-state index in [9.17, 15) is 14.2 Å². The van der Waals surface area contributed by atoms with E-state index in [1.165, 1.54) is 89.6 Å². The van der Waals surface area contributed by atoms with Gasteiger partial charge in [-0.25, -0.2) is 4.57 Å². The molecular weight excluding hydrogens is 939 g/mol. The Morgan fingerprint density at radius 3 is 1.94 bits per heavy atom. The first kappa shape index (κ1) is 58.6. The van der Waals surface area contributed by atoms with Gasteiger partial charge in [-0.05, 0) is 186 Å². The molecule has 72 heavy (non-hydrogen) atoms. The second-order valence-corrected chi connectivity index (χ2v) is 27.2. The minimum absolute atomic E-state index is 0.162. The first-order valence-electron chi connectivity index (χ1n) is 28.5. The summed E-state index contributed by atoms with van der Waals surface area (Å²) in [7, 11) is -1.10. The summed E-state index contributed by atoms with van der Waals surface area (Å²) in [5, 5.41) is 0.391. The van der Waals surface area contributed by atoms with Crippen molar-refractivity contribution in [1.82, 2.24) is 0 Å². The average molecular weight is 1040 g/mol. The molecule has 6 rings (SSSR count). The van der Waals surface area contributed by atoms with Gasteiger partial charge in [0.05, 0.1) is 42.8 Å². The number of carbonyl (C=O) groups is 2. The molecule has 10 heteroatoms. The number of phosphoric acid groups is 1. The number of ether oxygens (including phenoxy) is 2. The number of para-hydroxylation sites is 1. The Bertz CT molecular complexity index is 2120. The van der Waals surface area contributed by atoms with Crippen molar-refractivity contribution >= 4 is 31.4 Å². The molecule has 2 aromatic rings. The van der Waals surface area contributed by atoms with E-state index in [1.807, 2.05) is 39.8 Å². The Kier molecular flexibility index (Phi) is 21.1. The lowest BCUT2D eigenvalue weighted by atomic mass is 9.47. The number of allylic oxidation sites excluding steroid dienone is 1. The fourth-order valence-corrected chi connectivity index (χ4v) is 16.1. The zero-order valence-corrected chi connectivity index (χ0v) is 48.4. The number of fused-ring (bicyclic) bond motifs is 5. The van der Waals surface area contributed by atoms with Crippen LogP contribution in [0.3, 0.4) is 0 Å². The second kappa shape index (κ2) is 25.9. The standard InChI is InChI=1S/C62H96ClO8P/c1-44(2)24-23-25-45(3)52-31-32-53-51-30-29-49-41-50(33-35-61(49,8)54(51)34-36-62(52,53)9)70-72(66,71-56-28-21-20-27-55(56)63)69-37-22-18-16-14-12-13-15-17-19-26-46-38-47(42-59(4,5)57(64)67-10)40-48(39-46)43-60(6,7)58(65)68-11/h20-21,27-29,38-40,44-45,50-54H,12-19,22-26,30-37,41-43H2,1-11H3/t45?,50-,51?,52?,53?,54?,61+,62-,72?/m1/s1. The highest BCUT2D eigenvalue weighted by Crippen LogP contribution is 2.68. The van der Waals surface area contributed by atoms with Crippen LogP contribution in [0.5, 0.6) is 5.75 Å². The van der Waals surface area contributed by atoms with Gasteiger partial charge >= 0.3 is 19.8 Å². The number of esters is 2. The van der Waals surface area contributed by atoms with Crippen molar-refractivity contribution < 1.29 is 37.2 Å². The molecule has 0 N–H and O–H groups in total. The number of benzene rings is 2. The SMILES string of the molecule is COC(=O)C(C)(C)Cc1cc(CCCCCCCCCCCOP(=O)(Oc2ccccc2Cl)O[C@@H]2CC[C@@]3(C)C(=CCC4C5CCC(C(C)CCCC(C)C)[C@@]5(C)CCC43)C2)cc(CC(C)(C)C(=O)OC)c1. The van der Waals surface area contributed by atoms with Crippen LogP contribution in [0.1, 0.15) is 207 Å². The van der Waals surface area contributed by atoms with E-state index < -0.39 is 18.7 Å². The Hall–Kier alpha value is -2.64. The van der Waals surface area contributed by atoms with Gasteiger partial charge in [0.1, 0.15) is 5.75 Å². The number of hydrogen-bond acceptors (Lipinski definition) is 8. The van der Waals surface area contributed by atoms with Crippen LogP contribution in [0.4, 0.5) is 0 Å². The summed E-state index contributed by atoms with van der Waals surface area (Å²) in [4.78, 5) is 25.1. The Labute approximate surface area is 442 Å². The zero-order chi connectivity index (χ0) is 52.3. The molecule has 4 aliphatic rings. The molecule has 4 aliphatic carbocycles. The van der Waals surface area contributed by atoms with Crippen LogP contribution in [-0.2, 0) is 51.9 Å². The predicted octanol–water partition coefficient (Wildman–Crippen LogP) is 17.5.